The van der Waals surface area contributed by atoms with Gasteiger partial charge in [0.1, 0.15) is 5.25 Å². The van der Waals surface area contributed by atoms with Crippen molar-refractivity contribution in [1.82, 2.24) is 0 Å². The van der Waals surface area contributed by atoms with Crippen molar-refractivity contribution in [3.8, 4) is 0 Å². The smallest absolute Gasteiger partial charge is 0.322 e. The second-order valence-electron chi connectivity index (χ2n) is 3.78. The zero-order valence-electron chi connectivity index (χ0n) is 10.5. The number of ether oxygens (including phenoxy) is 1. The largest absolute Gasteiger partial charge is 0.465 e. The van der Waals surface area contributed by atoms with Crippen LogP contribution in [0.15, 0.2) is 33.6 Å². The van der Waals surface area contributed by atoms with Crippen LogP contribution in [0.4, 0.5) is 0 Å². The first-order valence-electron chi connectivity index (χ1n) is 5.92. The summed E-state index contributed by atoms with van der Waals surface area (Å²) < 4.78 is 18.2. The van der Waals surface area contributed by atoms with Crippen molar-refractivity contribution in [2.24, 2.45) is 0 Å². The van der Waals surface area contributed by atoms with Gasteiger partial charge < -0.3 is 4.74 Å². The van der Waals surface area contributed by atoms with Gasteiger partial charge in [0.05, 0.1) is 17.4 Å². The molecule has 2 unspecified atom stereocenters. The van der Waals surface area contributed by atoms with Crippen LogP contribution in [0.1, 0.15) is 26.7 Å². The third-order valence-electron chi connectivity index (χ3n) is 2.39. The second kappa shape index (κ2) is 7.69. The summed E-state index contributed by atoms with van der Waals surface area (Å²) in [5.41, 5.74) is 0. The minimum absolute atomic E-state index is 0.314. The average Bonchev–Trinajstić information content (AvgIpc) is 2.35. The van der Waals surface area contributed by atoms with Crippen LogP contribution in [0.5, 0.6) is 0 Å². The van der Waals surface area contributed by atoms with Crippen molar-refractivity contribution in [3.05, 3.63) is 28.7 Å². The molecule has 5 heteroatoms. The summed E-state index contributed by atoms with van der Waals surface area (Å²) in [5.74, 6) is -0.377. The first kappa shape index (κ1) is 15.4. The van der Waals surface area contributed by atoms with Crippen molar-refractivity contribution < 1.29 is 13.7 Å². The van der Waals surface area contributed by atoms with Gasteiger partial charge in [0.2, 0.25) is 0 Å². The number of carbonyl (C=O) groups excluding carboxylic acids is 1. The van der Waals surface area contributed by atoms with Crippen molar-refractivity contribution >= 4 is 32.7 Å². The summed E-state index contributed by atoms with van der Waals surface area (Å²) in [6.07, 6.45) is 1.36. The molecule has 100 valence electrons. The fourth-order valence-corrected chi connectivity index (χ4v) is 3.59. The first-order chi connectivity index (χ1) is 8.60. The lowest BCUT2D eigenvalue weighted by molar-refractivity contribution is -0.142. The van der Waals surface area contributed by atoms with Crippen LogP contribution in [0.3, 0.4) is 0 Å². The van der Waals surface area contributed by atoms with Gasteiger partial charge in [0, 0.05) is 9.37 Å². The molecule has 0 aromatic heterocycles. The molecular formula is C13H17BrO3S. The van der Waals surface area contributed by atoms with Crippen molar-refractivity contribution in [3.63, 3.8) is 0 Å². The quantitative estimate of drug-likeness (QED) is 0.751. The van der Waals surface area contributed by atoms with E-state index in [0.29, 0.717) is 17.9 Å². The minimum Gasteiger partial charge on any atom is -0.465 e. The predicted molar refractivity (Wildman–Crippen MR) is 75.9 cm³/mol. The Kier molecular flexibility index (Phi) is 6.57. The molecule has 0 amide bonds. The predicted octanol–water partition coefficient (Wildman–Crippen LogP) is 3.29. The Balaban J connectivity index is 2.92. The van der Waals surface area contributed by atoms with E-state index in [0.717, 1.165) is 10.9 Å². The molecule has 0 saturated carbocycles. The molecular weight excluding hydrogens is 316 g/mol. The molecule has 1 rings (SSSR count). The Morgan fingerprint density at radius 1 is 1.44 bits per heavy atom. The lowest BCUT2D eigenvalue weighted by Crippen LogP contribution is -2.28. The summed E-state index contributed by atoms with van der Waals surface area (Å²) in [6.45, 7) is 4.03. The maximum atomic E-state index is 12.4. The minimum atomic E-state index is -1.37. The lowest BCUT2D eigenvalue weighted by atomic mass is 10.2. The number of hydrogen-bond donors (Lipinski definition) is 0. The molecule has 1 aromatic rings. The Morgan fingerprint density at radius 3 is 2.72 bits per heavy atom. The van der Waals surface area contributed by atoms with Gasteiger partial charge in [-0.15, -0.1) is 0 Å². The molecule has 2 atom stereocenters. The molecule has 0 heterocycles. The summed E-state index contributed by atoms with van der Waals surface area (Å²) >= 11 is 3.34. The van der Waals surface area contributed by atoms with Crippen LogP contribution >= 0.6 is 15.9 Å². The van der Waals surface area contributed by atoms with E-state index < -0.39 is 16.0 Å². The number of rotatable bonds is 6. The van der Waals surface area contributed by atoms with Gasteiger partial charge in [-0.05, 0) is 31.5 Å². The fraction of sp³-hybridized carbons (Fsp3) is 0.462. The van der Waals surface area contributed by atoms with Crippen molar-refractivity contribution in [2.75, 3.05) is 6.61 Å². The van der Waals surface area contributed by atoms with Crippen LogP contribution in [-0.4, -0.2) is 22.0 Å². The lowest BCUT2D eigenvalue weighted by Gasteiger charge is -2.14. The van der Waals surface area contributed by atoms with E-state index >= 15 is 0 Å². The number of esters is 1. The summed E-state index contributed by atoms with van der Waals surface area (Å²) in [6, 6.07) is 7.21. The zero-order chi connectivity index (χ0) is 13.5. The van der Waals surface area contributed by atoms with Crippen LogP contribution in [0, 0.1) is 0 Å². The first-order valence-corrected chi connectivity index (χ1v) is 7.93. The Labute approximate surface area is 119 Å². The highest BCUT2D eigenvalue weighted by Gasteiger charge is 2.26. The fourth-order valence-electron chi connectivity index (χ4n) is 1.57. The van der Waals surface area contributed by atoms with E-state index in [1.807, 2.05) is 19.1 Å². The van der Waals surface area contributed by atoms with Crippen molar-refractivity contribution in [1.29, 1.82) is 0 Å². The molecule has 0 fully saturated rings. The summed E-state index contributed by atoms with van der Waals surface area (Å²) in [5, 5.41) is -0.579. The number of benzene rings is 1. The third-order valence-corrected chi connectivity index (χ3v) is 4.54. The molecule has 0 N–H and O–H groups in total. The Bertz CT molecular complexity index is 434. The van der Waals surface area contributed by atoms with Gasteiger partial charge in [-0.3, -0.25) is 9.00 Å². The zero-order valence-corrected chi connectivity index (χ0v) is 12.9. The molecule has 0 aliphatic heterocycles. The van der Waals surface area contributed by atoms with Gasteiger partial charge in [-0.1, -0.05) is 35.3 Å². The monoisotopic (exact) mass is 332 g/mol. The SMILES string of the molecule is CCCC(C(=O)OCC)S(=O)c1cccc(Br)c1. The second-order valence-corrected chi connectivity index (χ2v) is 6.34. The van der Waals surface area contributed by atoms with E-state index in [1.165, 1.54) is 0 Å². The number of carbonyl (C=O) groups is 1. The molecule has 3 nitrogen and oxygen atoms in total. The summed E-state index contributed by atoms with van der Waals surface area (Å²) in [4.78, 5) is 12.5. The van der Waals surface area contributed by atoms with E-state index in [4.69, 9.17) is 4.74 Å². The van der Waals surface area contributed by atoms with Gasteiger partial charge in [-0.25, -0.2) is 0 Å². The molecule has 0 spiro atoms. The average molecular weight is 333 g/mol. The molecule has 1 aromatic carbocycles. The number of halogens is 1. The van der Waals surface area contributed by atoms with E-state index in [1.54, 1.807) is 19.1 Å². The van der Waals surface area contributed by atoms with E-state index in [9.17, 15) is 9.00 Å². The highest BCUT2D eigenvalue weighted by atomic mass is 79.9. The Morgan fingerprint density at radius 2 is 2.17 bits per heavy atom. The van der Waals surface area contributed by atoms with Gasteiger partial charge in [0.15, 0.2) is 0 Å². The van der Waals surface area contributed by atoms with E-state index in [-0.39, 0.29) is 5.97 Å². The molecule has 18 heavy (non-hydrogen) atoms. The molecule has 0 radical (unpaired) electrons. The number of hydrogen-bond acceptors (Lipinski definition) is 3. The maximum absolute atomic E-state index is 12.4. The van der Waals surface area contributed by atoms with Gasteiger partial charge >= 0.3 is 5.97 Å². The van der Waals surface area contributed by atoms with Gasteiger partial charge in [-0.2, -0.15) is 0 Å². The molecule has 0 saturated heterocycles. The molecule has 0 aliphatic carbocycles. The van der Waals surface area contributed by atoms with Crippen LogP contribution in [0.2, 0.25) is 0 Å². The van der Waals surface area contributed by atoms with Crippen LogP contribution in [-0.2, 0) is 20.3 Å². The van der Waals surface area contributed by atoms with Crippen molar-refractivity contribution in [2.45, 2.75) is 36.8 Å². The van der Waals surface area contributed by atoms with E-state index in [2.05, 4.69) is 15.9 Å². The van der Waals surface area contributed by atoms with Gasteiger partial charge in [0.25, 0.3) is 0 Å². The maximum Gasteiger partial charge on any atom is 0.322 e. The highest BCUT2D eigenvalue weighted by molar-refractivity contribution is 9.10. The molecule has 0 bridgehead atoms. The highest BCUT2D eigenvalue weighted by Crippen LogP contribution is 2.20. The normalized spacial score (nSPS) is 13.9. The standard InChI is InChI=1S/C13H17BrO3S/c1-3-6-12(13(15)17-4-2)18(16)11-8-5-7-10(14)9-11/h5,7-9,12H,3-4,6H2,1-2H3. The van der Waals surface area contributed by atoms with Crippen LogP contribution in [0.25, 0.3) is 0 Å². The van der Waals surface area contributed by atoms with Crippen LogP contribution < -0.4 is 0 Å². The summed E-state index contributed by atoms with van der Waals surface area (Å²) in [7, 11) is -1.37. The topological polar surface area (TPSA) is 43.4 Å². The molecule has 0 aliphatic rings. The third kappa shape index (κ3) is 4.21. The Hall–Kier alpha value is -0.680.